The SMILES string of the molecule is NCCCN(N)N. The molecule has 6 N–H and O–H groups in total. The minimum Gasteiger partial charge on any atom is -0.330 e. The van der Waals surface area contributed by atoms with Crippen LogP contribution >= 0.6 is 0 Å². The molecule has 0 saturated carbocycles. The van der Waals surface area contributed by atoms with Gasteiger partial charge in [0.05, 0.1) is 0 Å². The molecule has 0 radical (unpaired) electrons. The zero-order valence-electron chi connectivity index (χ0n) is 4.30. The van der Waals surface area contributed by atoms with E-state index in [1.807, 2.05) is 0 Å². The third-order valence-corrected chi connectivity index (χ3v) is 0.620. The molecule has 0 aliphatic carbocycles. The Morgan fingerprint density at radius 3 is 2.00 bits per heavy atom. The van der Waals surface area contributed by atoms with E-state index in [4.69, 9.17) is 17.4 Å². The average molecular weight is 104 g/mol. The molecule has 0 aliphatic heterocycles. The van der Waals surface area contributed by atoms with Crippen LogP contribution in [0, 0.1) is 0 Å². The molecule has 0 unspecified atom stereocenters. The predicted molar refractivity (Wildman–Crippen MR) is 28.8 cm³/mol. The lowest BCUT2D eigenvalue weighted by Crippen LogP contribution is -2.39. The van der Waals surface area contributed by atoms with Crippen molar-refractivity contribution in [3.8, 4) is 0 Å². The van der Waals surface area contributed by atoms with Crippen molar-refractivity contribution >= 4 is 0 Å². The molecular weight excluding hydrogens is 92.1 g/mol. The molecule has 0 saturated heterocycles. The van der Waals surface area contributed by atoms with Crippen LogP contribution in [0.1, 0.15) is 6.42 Å². The number of hydrazine groups is 2. The first-order chi connectivity index (χ1) is 3.27. The molecule has 44 valence electrons. The molecule has 0 aromatic rings. The standard InChI is InChI=1S/C3H12N4/c4-2-1-3-7(5)6/h1-6H2. The van der Waals surface area contributed by atoms with Gasteiger partial charge in [-0.15, -0.1) is 0 Å². The molecule has 0 rings (SSSR count). The van der Waals surface area contributed by atoms with E-state index in [0.717, 1.165) is 11.5 Å². The molecule has 0 aliphatic rings. The van der Waals surface area contributed by atoms with Gasteiger partial charge in [0.2, 0.25) is 0 Å². The van der Waals surface area contributed by atoms with E-state index >= 15 is 0 Å². The number of nitrogens with zero attached hydrogens (tertiary/aromatic N) is 1. The van der Waals surface area contributed by atoms with E-state index in [2.05, 4.69) is 0 Å². The van der Waals surface area contributed by atoms with Crippen molar-refractivity contribution in [3.05, 3.63) is 0 Å². The van der Waals surface area contributed by atoms with E-state index in [1.165, 1.54) is 0 Å². The number of hydrogen-bond donors (Lipinski definition) is 3. The lowest BCUT2D eigenvalue weighted by Gasteiger charge is -2.05. The second-order valence-corrected chi connectivity index (χ2v) is 1.38. The minimum atomic E-state index is 0.644. The molecular formula is C3H12N4. The Morgan fingerprint density at radius 2 is 1.86 bits per heavy atom. The lowest BCUT2D eigenvalue weighted by atomic mass is 10.4. The summed E-state index contributed by atoms with van der Waals surface area (Å²) in [6.45, 7) is 1.31. The van der Waals surface area contributed by atoms with Gasteiger partial charge in [0.1, 0.15) is 0 Å². The summed E-state index contributed by atoms with van der Waals surface area (Å²) in [7, 11) is 0. The Morgan fingerprint density at radius 1 is 1.29 bits per heavy atom. The summed E-state index contributed by atoms with van der Waals surface area (Å²) in [6.07, 6.45) is 0.854. The summed E-state index contributed by atoms with van der Waals surface area (Å²) in [5.74, 6) is 10.1. The van der Waals surface area contributed by atoms with Gasteiger partial charge in [0, 0.05) is 6.54 Å². The van der Waals surface area contributed by atoms with Crippen molar-refractivity contribution in [1.82, 2.24) is 5.12 Å². The van der Waals surface area contributed by atoms with Gasteiger partial charge in [0.25, 0.3) is 0 Å². The summed E-state index contributed by atoms with van der Waals surface area (Å²) in [6, 6.07) is 0. The van der Waals surface area contributed by atoms with Crippen molar-refractivity contribution in [2.45, 2.75) is 6.42 Å². The van der Waals surface area contributed by atoms with Gasteiger partial charge in [-0.2, -0.15) is 5.12 Å². The van der Waals surface area contributed by atoms with Crippen LogP contribution in [-0.4, -0.2) is 18.2 Å². The van der Waals surface area contributed by atoms with Crippen molar-refractivity contribution in [3.63, 3.8) is 0 Å². The zero-order valence-corrected chi connectivity index (χ0v) is 4.30. The van der Waals surface area contributed by atoms with Crippen molar-refractivity contribution < 1.29 is 0 Å². The fraction of sp³-hybridized carbons (Fsp3) is 1.00. The van der Waals surface area contributed by atoms with Gasteiger partial charge in [-0.05, 0) is 13.0 Å². The zero-order chi connectivity index (χ0) is 5.70. The van der Waals surface area contributed by atoms with Gasteiger partial charge in [0.15, 0.2) is 0 Å². The highest BCUT2D eigenvalue weighted by molar-refractivity contribution is 4.38. The molecule has 0 fully saturated rings. The Hall–Kier alpha value is -0.160. The normalized spacial score (nSPS) is 10.3. The molecule has 0 amide bonds. The van der Waals surface area contributed by atoms with Crippen LogP contribution in [0.2, 0.25) is 0 Å². The Balaban J connectivity index is 2.68. The Bertz CT molecular complexity index is 35.9. The summed E-state index contributed by atoms with van der Waals surface area (Å²) >= 11 is 0. The van der Waals surface area contributed by atoms with Gasteiger partial charge < -0.3 is 5.73 Å². The molecule has 0 aromatic heterocycles. The third-order valence-electron chi connectivity index (χ3n) is 0.620. The average Bonchev–Trinajstić information content (AvgIpc) is 1.61. The molecule has 0 spiro atoms. The minimum absolute atomic E-state index is 0.644. The second-order valence-electron chi connectivity index (χ2n) is 1.38. The van der Waals surface area contributed by atoms with E-state index in [9.17, 15) is 0 Å². The van der Waals surface area contributed by atoms with Crippen LogP contribution in [0.25, 0.3) is 0 Å². The van der Waals surface area contributed by atoms with E-state index < -0.39 is 0 Å². The highest BCUT2D eigenvalue weighted by Gasteiger charge is 1.84. The summed E-state index contributed by atoms with van der Waals surface area (Å²) < 4.78 is 0. The maximum Gasteiger partial charge on any atom is 0.0295 e. The van der Waals surface area contributed by atoms with Gasteiger partial charge >= 0.3 is 0 Å². The second kappa shape index (κ2) is 4.01. The van der Waals surface area contributed by atoms with E-state index in [1.54, 1.807) is 0 Å². The van der Waals surface area contributed by atoms with Crippen LogP contribution in [0.5, 0.6) is 0 Å². The molecule has 4 heteroatoms. The third kappa shape index (κ3) is 5.84. The van der Waals surface area contributed by atoms with E-state index in [-0.39, 0.29) is 0 Å². The largest absolute Gasteiger partial charge is 0.330 e. The van der Waals surface area contributed by atoms with Crippen molar-refractivity contribution in [2.24, 2.45) is 17.4 Å². The molecule has 0 bridgehead atoms. The first-order valence-electron chi connectivity index (χ1n) is 2.24. The smallest absolute Gasteiger partial charge is 0.0295 e. The summed E-state index contributed by atoms with van der Waals surface area (Å²) in [5.41, 5.74) is 5.14. The molecule has 0 heterocycles. The monoisotopic (exact) mass is 104 g/mol. The molecule has 0 aromatic carbocycles. The number of nitrogens with two attached hydrogens (primary N) is 3. The highest BCUT2D eigenvalue weighted by atomic mass is 15.6. The fourth-order valence-electron chi connectivity index (χ4n) is 0.274. The van der Waals surface area contributed by atoms with Crippen LogP contribution in [0.15, 0.2) is 0 Å². The van der Waals surface area contributed by atoms with Gasteiger partial charge in [-0.1, -0.05) is 0 Å². The number of rotatable bonds is 3. The van der Waals surface area contributed by atoms with Crippen LogP contribution in [0.4, 0.5) is 0 Å². The highest BCUT2D eigenvalue weighted by Crippen LogP contribution is 1.70. The Kier molecular flexibility index (Phi) is 3.92. The molecule has 4 nitrogen and oxygen atoms in total. The van der Waals surface area contributed by atoms with Crippen molar-refractivity contribution in [2.75, 3.05) is 13.1 Å². The number of hydrogen-bond acceptors (Lipinski definition) is 4. The predicted octanol–water partition coefficient (Wildman–Crippen LogP) is -1.62. The lowest BCUT2D eigenvalue weighted by molar-refractivity contribution is 0.292. The van der Waals surface area contributed by atoms with Crippen LogP contribution in [0.3, 0.4) is 0 Å². The summed E-state index contributed by atoms with van der Waals surface area (Å²) in [5, 5.41) is 1.13. The first-order valence-corrected chi connectivity index (χ1v) is 2.24. The maximum atomic E-state index is 5.14. The Labute approximate surface area is 43.2 Å². The van der Waals surface area contributed by atoms with Gasteiger partial charge in [-0.25, -0.2) is 0 Å². The fourth-order valence-corrected chi connectivity index (χ4v) is 0.274. The van der Waals surface area contributed by atoms with Gasteiger partial charge in [-0.3, -0.25) is 11.7 Å². The maximum absolute atomic E-state index is 5.14. The summed E-state index contributed by atoms with van der Waals surface area (Å²) in [4.78, 5) is 0. The van der Waals surface area contributed by atoms with Crippen LogP contribution in [-0.2, 0) is 0 Å². The van der Waals surface area contributed by atoms with Crippen LogP contribution < -0.4 is 17.4 Å². The topological polar surface area (TPSA) is 81.3 Å². The molecule has 0 atom stereocenters. The van der Waals surface area contributed by atoms with E-state index in [0.29, 0.717) is 13.1 Å². The molecule has 7 heavy (non-hydrogen) atoms. The quantitative estimate of drug-likeness (QED) is 0.297. The van der Waals surface area contributed by atoms with Crippen molar-refractivity contribution in [1.29, 1.82) is 0 Å². The first kappa shape index (κ1) is 6.84.